The van der Waals surface area contributed by atoms with Crippen LogP contribution in [0.25, 0.3) is 0 Å². The zero-order valence-corrected chi connectivity index (χ0v) is 12.6. The number of hydrogen-bond acceptors (Lipinski definition) is 4. The Kier molecular flexibility index (Phi) is 4.76. The van der Waals surface area contributed by atoms with Crippen LogP contribution >= 0.6 is 11.3 Å². The summed E-state index contributed by atoms with van der Waals surface area (Å²) in [6, 6.07) is 0.373. The summed E-state index contributed by atoms with van der Waals surface area (Å²) < 4.78 is 0. The minimum absolute atomic E-state index is 0.373. The second-order valence-corrected chi connectivity index (χ2v) is 6.85. The van der Waals surface area contributed by atoms with Crippen molar-refractivity contribution in [3.05, 3.63) is 16.1 Å². The van der Waals surface area contributed by atoms with E-state index in [9.17, 15) is 0 Å². The third-order valence-electron chi connectivity index (χ3n) is 3.91. The van der Waals surface area contributed by atoms with E-state index in [1.807, 2.05) is 6.20 Å². The molecule has 102 valence electrons. The number of thiazole rings is 1. The van der Waals surface area contributed by atoms with Gasteiger partial charge in [0.2, 0.25) is 0 Å². The van der Waals surface area contributed by atoms with E-state index in [4.69, 9.17) is 0 Å². The maximum Gasteiger partial charge on any atom is 0.109 e. The Morgan fingerprint density at radius 2 is 2.44 bits per heavy atom. The van der Waals surface area contributed by atoms with Crippen LogP contribution in [0, 0.1) is 12.3 Å². The Balaban J connectivity index is 1.89. The normalized spacial score (nSPS) is 25.5. The molecule has 0 bridgehead atoms. The van der Waals surface area contributed by atoms with E-state index in [0.29, 0.717) is 11.5 Å². The predicted octanol–water partition coefficient (Wildman–Crippen LogP) is 2.88. The fourth-order valence-electron chi connectivity index (χ4n) is 2.81. The molecule has 0 amide bonds. The Morgan fingerprint density at radius 3 is 3.00 bits per heavy atom. The smallest absolute Gasteiger partial charge is 0.109 e. The summed E-state index contributed by atoms with van der Waals surface area (Å²) in [5, 5.41) is 8.41. The summed E-state index contributed by atoms with van der Waals surface area (Å²) in [5.41, 5.74) is 0.468. The van der Waals surface area contributed by atoms with E-state index in [1.165, 1.54) is 35.7 Å². The van der Waals surface area contributed by atoms with Crippen molar-refractivity contribution in [2.75, 3.05) is 19.6 Å². The standard InChI is InChI=1S/C14H25N3S/c1-4-5-14(6-7-15-9-14)10-17-12(3)13-16-8-11(2)18-13/h8,12,15,17H,4-7,9-10H2,1-3H3. The third kappa shape index (κ3) is 3.31. The molecule has 1 aliphatic heterocycles. The lowest BCUT2D eigenvalue weighted by Gasteiger charge is -2.29. The van der Waals surface area contributed by atoms with Crippen LogP contribution in [-0.4, -0.2) is 24.6 Å². The Hall–Kier alpha value is -0.450. The van der Waals surface area contributed by atoms with Crippen molar-refractivity contribution in [1.29, 1.82) is 0 Å². The van der Waals surface area contributed by atoms with Gasteiger partial charge in [0.05, 0.1) is 6.04 Å². The Labute approximate surface area is 114 Å². The van der Waals surface area contributed by atoms with Crippen LogP contribution < -0.4 is 10.6 Å². The minimum atomic E-state index is 0.373. The second kappa shape index (κ2) is 6.13. The molecular formula is C14H25N3S. The van der Waals surface area contributed by atoms with Crippen LogP contribution in [0.15, 0.2) is 6.20 Å². The lowest BCUT2D eigenvalue weighted by molar-refractivity contribution is 0.266. The summed E-state index contributed by atoms with van der Waals surface area (Å²) in [6.45, 7) is 10.1. The fraction of sp³-hybridized carbons (Fsp3) is 0.786. The van der Waals surface area contributed by atoms with Gasteiger partial charge in [-0.2, -0.15) is 0 Å². The van der Waals surface area contributed by atoms with Gasteiger partial charge in [-0.3, -0.25) is 0 Å². The highest BCUT2D eigenvalue weighted by Crippen LogP contribution is 2.31. The number of aryl methyl sites for hydroxylation is 1. The average Bonchev–Trinajstić information content (AvgIpc) is 2.97. The van der Waals surface area contributed by atoms with Crippen molar-refractivity contribution in [2.24, 2.45) is 5.41 Å². The van der Waals surface area contributed by atoms with Crippen molar-refractivity contribution < 1.29 is 0 Å². The van der Waals surface area contributed by atoms with Gasteiger partial charge in [-0.05, 0) is 38.6 Å². The molecule has 18 heavy (non-hydrogen) atoms. The van der Waals surface area contributed by atoms with Gasteiger partial charge in [0.15, 0.2) is 0 Å². The minimum Gasteiger partial charge on any atom is -0.316 e. The van der Waals surface area contributed by atoms with Crippen molar-refractivity contribution in [3.8, 4) is 0 Å². The van der Waals surface area contributed by atoms with Gasteiger partial charge in [0, 0.05) is 24.2 Å². The molecule has 2 N–H and O–H groups in total. The highest BCUT2D eigenvalue weighted by molar-refractivity contribution is 7.11. The third-order valence-corrected chi connectivity index (χ3v) is 5.00. The molecule has 0 spiro atoms. The number of nitrogens with zero attached hydrogens (tertiary/aromatic N) is 1. The molecule has 2 unspecified atom stereocenters. The largest absolute Gasteiger partial charge is 0.316 e. The summed E-state index contributed by atoms with van der Waals surface area (Å²) in [4.78, 5) is 5.77. The van der Waals surface area contributed by atoms with E-state index in [-0.39, 0.29) is 0 Å². The summed E-state index contributed by atoms with van der Waals surface area (Å²) in [5.74, 6) is 0. The van der Waals surface area contributed by atoms with E-state index in [1.54, 1.807) is 11.3 Å². The maximum absolute atomic E-state index is 4.47. The molecule has 2 heterocycles. The molecule has 0 aliphatic carbocycles. The van der Waals surface area contributed by atoms with Gasteiger partial charge < -0.3 is 10.6 Å². The van der Waals surface area contributed by atoms with Crippen molar-refractivity contribution in [2.45, 2.75) is 46.1 Å². The topological polar surface area (TPSA) is 37.0 Å². The molecule has 0 saturated carbocycles. The quantitative estimate of drug-likeness (QED) is 0.832. The molecule has 2 rings (SSSR count). The molecule has 1 aromatic rings. The number of aromatic nitrogens is 1. The monoisotopic (exact) mass is 267 g/mol. The lowest BCUT2D eigenvalue weighted by atomic mass is 9.82. The second-order valence-electron chi connectivity index (χ2n) is 5.59. The molecule has 0 radical (unpaired) electrons. The van der Waals surface area contributed by atoms with E-state index in [0.717, 1.165) is 13.1 Å². The Morgan fingerprint density at radius 1 is 1.61 bits per heavy atom. The van der Waals surface area contributed by atoms with Crippen molar-refractivity contribution in [3.63, 3.8) is 0 Å². The van der Waals surface area contributed by atoms with E-state index in [2.05, 4.69) is 36.4 Å². The molecule has 1 aliphatic rings. The van der Waals surface area contributed by atoms with Crippen LogP contribution in [0.1, 0.15) is 49.0 Å². The van der Waals surface area contributed by atoms with Crippen LogP contribution in [-0.2, 0) is 0 Å². The SMILES string of the molecule is CCCC1(CNC(C)c2ncc(C)s2)CCNC1. The van der Waals surface area contributed by atoms with Gasteiger partial charge in [-0.1, -0.05) is 13.3 Å². The highest BCUT2D eigenvalue weighted by atomic mass is 32.1. The average molecular weight is 267 g/mol. The van der Waals surface area contributed by atoms with E-state index < -0.39 is 0 Å². The maximum atomic E-state index is 4.47. The molecule has 3 nitrogen and oxygen atoms in total. The van der Waals surface area contributed by atoms with Crippen LogP contribution in [0.3, 0.4) is 0 Å². The van der Waals surface area contributed by atoms with Crippen molar-refractivity contribution >= 4 is 11.3 Å². The van der Waals surface area contributed by atoms with Gasteiger partial charge in [-0.15, -0.1) is 11.3 Å². The zero-order chi connectivity index (χ0) is 13.0. The fourth-order valence-corrected chi connectivity index (χ4v) is 3.61. The van der Waals surface area contributed by atoms with Gasteiger partial charge in [0.1, 0.15) is 5.01 Å². The van der Waals surface area contributed by atoms with Crippen molar-refractivity contribution in [1.82, 2.24) is 15.6 Å². The van der Waals surface area contributed by atoms with Gasteiger partial charge >= 0.3 is 0 Å². The molecule has 1 saturated heterocycles. The molecule has 1 fully saturated rings. The first kappa shape index (κ1) is 14.0. The molecule has 0 aromatic carbocycles. The lowest BCUT2D eigenvalue weighted by Crippen LogP contribution is -2.37. The Bertz CT molecular complexity index is 369. The first-order valence-corrected chi connectivity index (χ1v) is 7.83. The van der Waals surface area contributed by atoms with Crippen LogP contribution in [0.4, 0.5) is 0 Å². The van der Waals surface area contributed by atoms with E-state index >= 15 is 0 Å². The number of rotatable bonds is 6. The molecule has 4 heteroatoms. The molecule has 1 aromatic heterocycles. The van der Waals surface area contributed by atoms with Crippen LogP contribution in [0.2, 0.25) is 0 Å². The number of hydrogen-bond donors (Lipinski definition) is 2. The first-order chi connectivity index (χ1) is 8.65. The molecule has 2 atom stereocenters. The van der Waals surface area contributed by atoms with Crippen LogP contribution in [0.5, 0.6) is 0 Å². The summed E-state index contributed by atoms with van der Waals surface area (Å²) >= 11 is 1.80. The van der Waals surface area contributed by atoms with Gasteiger partial charge in [-0.25, -0.2) is 4.98 Å². The zero-order valence-electron chi connectivity index (χ0n) is 11.8. The van der Waals surface area contributed by atoms with Gasteiger partial charge in [0.25, 0.3) is 0 Å². The first-order valence-electron chi connectivity index (χ1n) is 7.02. The summed E-state index contributed by atoms with van der Waals surface area (Å²) in [6.07, 6.45) is 5.86. The summed E-state index contributed by atoms with van der Waals surface area (Å²) in [7, 11) is 0. The highest BCUT2D eigenvalue weighted by Gasteiger charge is 2.32. The predicted molar refractivity (Wildman–Crippen MR) is 78.1 cm³/mol. The molecular weight excluding hydrogens is 242 g/mol. The number of nitrogens with one attached hydrogen (secondary N) is 2.